The second-order valence-electron chi connectivity index (χ2n) is 4.33. The molecule has 2 aromatic rings. The summed E-state index contributed by atoms with van der Waals surface area (Å²) in [5.41, 5.74) is 4.28. The zero-order chi connectivity index (χ0) is 13.7. The van der Waals surface area contributed by atoms with Gasteiger partial charge in [-0.3, -0.25) is 16.3 Å². The first kappa shape index (κ1) is 13.9. The predicted octanol–water partition coefficient (Wildman–Crippen LogP) is 2.49. The van der Waals surface area contributed by atoms with Gasteiger partial charge in [0.15, 0.2) is 0 Å². The number of halogens is 2. The summed E-state index contributed by atoms with van der Waals surface area (Å²) < 4.78 is 13.7. The van der Waals surface area contributed by atoms with Crippen molar-refractivity contribution in [3.05, 3.63) is 64.7 Å². The van der Waals surface area contributed by atoms with Crippen LogP contribution in [0.5, 0.6) is 0 Å². The molecule has 0 spiro atoms. The zero-order valence-corrected chi connectivity index (χ0v) is 11.1. The van der Waals surface area contributed by atoms with Crippen LogP contribution >= 0.6 is 11.6 Å². The minimum Gasteiger partial charge on any atom is -0.271 e. The largest absolute Gasteiger partial charge is 0.271 e. The van der Waals surface area contributed by atoms with Crippen molar-refractivity contribution in [2.75, 3.05) is 0 Å². The molecule has 19 heavy (non-hydrogen) atoms. The van der Waals surface area contributed by atoms with Gasteiger partial charge < -0.3 is 0 Å². The Morgan fingerprint density at radius 2 is 1.95 bits per heavy atom. The minimum atomic E-state index is -0.303. The van der Waals surface area contributed by atoms with Gasteiger partial charge in [0.2, 0.25) is 0 Å². The van der Waals surface area contributed by atoms with Crippen LogP contribution in [0, 0.1) is 5.82 Å². The molecule has 0 saturated carbocycles. The predicted molar refractivity (Wildman–Crippen MR) is 74.2 cm³/mol. The molecule has 1 aromatic carbocycles. The van der Waals surface area contributed by atoms with Crippen LogP contribution in [0.2, 0.25) is 5.02 Å². The lowest BCUT2D eigenvalue weighted by Crippen LogP contribution is -2.38. The Labute approximate surface area is 116 Å². The first-order valence-corrected chi connectivity index (χ1v) is 6.36. The molecule has 100 valence electrons. The molecule has 1 atom stereocenters. The summed E-state index contributed by atoms with van der Waals surface area (Å²) in [5.74, 6) is 5.23. The second kappa shape index (κ2) is 6.61. The van der Waals surface area contributed by atoms with Gasteiger partial charge in [-0.05, 0) is 42.7 Å². The van der Waals surface area contributed by atoms with Gasteiger partial charge in [0, 0.05) is 29.0 Å². The lowest BCUT2D eigenvalue weighted by Gasteiger charge is -2.17. The summed E-state index contributed by atoms with van der Waals surface area (Å²) in [4.78, 5) is 3.96. The highest BCUT2D eigenvalue weighted by molar-refractivity contribution is 6.31. The van der Waals surface area contributed by atoms with Gasteiger partial charge in [0.1, 0.15) is 5.82 Å². The molecule has 0 radical (unpaired) electrons. The number of hydrogen-bond donors (Lipinski definition) is 2. The minimum absolute atomic E-state index is 0.0863. The molecule has 0 aliphatic rings. The number of hydrogen-bond acceptors (Lipinski definition) is 3. The molecule has 1 unspecified atom stereocenters. The molecular formula is C14H15ClFN3. The Morgan fingerprint density at radius 1 is 1.21 bits per heavy atom. The Kier molecular flexibility index (Phi) is 4.85. The zero-order valence-electron chi connectivity index (χ0n) is 10.3. The molecule has 0 bridgehead atoms. The summed E-state index contributed by atoms with van der Waals surface area (Å²) >= 11 is 6.01. The number of benzene rings is 1. The van der Waals surface area contributed by atoms with E-state index in [-0.39, 0.29) is 11.9 Å². The van der Waals surface area contributed by atoms with E-state index >= 15 is 0 Å². The molecule has 0 fully saturated rings. The Bertz CT molecular complexity index is 513. The topological polar surface area (TPSA) is 50.9 Å². The van der Waals surface area contributed by atoms with E-state index in [2.05, 4.69) is 10.4 Å². The first-order valence-electron chi connectivity index (χ1n) is 5.98. The molecule has 2 rings (SSSR count). The van der Waals surface area contributed by atoms with Crippen LogP contribution in [0.1, 0.15) is 11.1 Å². The van der Waals surface area contributed by atoms with Gasteiger partial charge in [-0.1, -0.05) is 17.7 Å². The number of hydrazine groups is 1. The standard InChI is InChI=1S/C14H15ClFN3/c15-13-2-1-3-14(16)12(13)9-11(19-17)8-10-4-6-18-7-5-10/h1-7,11,19H,8-9,17H2. The third-order valence-electron chi connectivity index (χ3n) is 2.98. The van der Waals surface area contributed by atoms with Crippen molar-refractivity contribution >= 4 is 11.6 Å². The number of nitrogens with zero attached hydrogens (tertiary/aromatic N) is 1. The third-order valence-corrected chi connectivity index (χ3v) is 3.33. The van der Waals surface area contributed by atoms with Crippen molar-refractivity contribution < 1.29 is 4.39 Å². The normalized spacial score (nSPS) is 12.4. The molecule has 1 aromatic heterocycles. The smallest absolute Gasteiger partial charge is 0.127 e. The van der Waals surface area contributed by atoms with E-state index in [0.29, 0.717) is 23.4 Å². The molecule has 5 heteroatoms. The maximum absolute atomic E-state index is 13.7. The number of nitrogens with two attached hydrogens (primary N) is 1. The number of nitrogens with one attached hydrogen (secondary N) is 1. The van der Waals surface area contributed by atoms with Crippen molar-refractivity contribution in [2.45, 2.75) is 18.9 Å². The highest BCUT2D eigenvalue weighted by atomic mass is 35.5. The van der Waals surface area contributed by atoms with Crippen molar-refractivity contribution in [2.24, 2.45) is 5.84 Å². The second-order valence-corrected chi connectivity index (χ2v) is 4.73. The molecule has 3 N–H and O–H groups in total. The Morgan fingerprint density at radius 3 is 2.58 bits per heavy atom. The summed E-state index contributed by atoms with van der Waals surface area (Å²) in [6.07, 6.45) is 4.56. The van der Waals surface area contributed by atoms with Gasteiger partial charge in [-0.25, -0.2) is 4.39 Å². The molecule has 3 nitrogen and oxygen atoms in total. The van der Waals surface area contributed by atoms with Gasteiger partial charge in [-0.2, -0.15) is 0 Å². The van der Waals surface area contributed by atoms with E-state index in [1.54, 1.807) is 24.5 Å². The quantitative estimate of drug-likeness (QED) is 0.653. The molecular weight excluding hydrogens is 265 g/mol. The highest BCUT2D eigenvalue weighted by Gasteiger charge is 2.14. The third kappa shape index (κ3) is 3.73. The van der Waals surface area contributed by atoms with E-state index in [9.17, 15) is 4.39 Å². The molecule has 0 aliphatic carbocycles. The molecule has 0 saturated heterocycles. The lowest BCUT2D eigenvalue weighted by atomic mass is 10.00. The fraction of sp³-hybridized carbons (Fsp3) is 0.214. The van der Waals surface area contributed by atoms with Crippen LogP contribution in [-0.2, 0) is 12.8 Å². The highest BCUT2D eigenvalue weighted by Crippen LogP contribution is 2.21. The van der Waals surface area contributed by atoms with E-state index in [4.69, 9.17) is 17.4 Å². The van der Waals surface area contributed by atoms with E-state index in [1.165, 1.54) is 6.07 Å². The Balaban J connectivity index is 2.11. The SMILES string of the molecule is NNC(Cc1ccncc1)Cc1c(F)cccc1Cl. The number of pyridine rings is 1. The average molecular weight is 280 g/mol. The van der Waals surface area contributed by atoms with Crippen LogP contribution in [0.3, 0.4) is 0 Å². The first-order chi connectivity index (χ1) is 9.20. The van der Waals surface area contributed by atoms with Crippen LogP contribution in [0.15, 0.2) is 42.7 Å². The van der Waals surface area contributed by atoms with Crippen molar-refractivity contribution in [3.63, 3.8) is 0 Å². The van der Waals surface area contributed by atoms with E-state index < -0.39 is 0 Å². The monoisotopic (exact) mass is 279 g/mol. The maximum atomic E-state index is 13.7. The van der Waals surface area contributed by atoms with Gasteiger partial charge in [-0.15, -0.1) is 0 Å². The van der Waals surface area contributed by atoms with Crippen LogP contribution in [-0.4, -0.2) is 11.0 Å². The van der Waals surface area contributed by atoms with Crippen LogP contribution in [0.4, 0.5) is 4.39 Å². The summed E-state index contributed by atoms with van der Waals surface area (Å²) in [6, 6.07) is 8.41. The maximum Gasteiger partial charge on any atom is 0.127 e. The summed E-state index contributed by atoms with van der Waals surface area (Å²) in [6.45, 7) is 0. The summed E-state index contributed by atoms with van der Waals surface area (Å²) in [5, 5.41) is 0.426. The van der Waals surface area contributed by atoms with Crippen molar-refractivity contribution in [1.82, 2.24) is 10.4 Å². The van der Waals surface area contributed by atoms with Crippen molar-refractivity contribution in [1.29, 1.82) is 0 Å². The van der Waals surface area contributed by atoms with Gasteiger partial charge >= 0.3 is 0 Å². The van der Waals surface area contributed by atoms with Crippen LogP contribution < -0.4 is 11.3 Å². The Hall–Kier alpha value is -1.49. The van der Waals surface area contributed by atoms with Gasteiger partial charge in [0.05, 0.1) is 0 Å². The fourth-order valence-corrected chi connectivity index (χ4v) is 2.21. The van der Waals surface area contributed by atoms with E-state index in [0.717, 1.165) is 5.56 Å². The lowest BCUT2D eigenvalue weighted by molar-refractivity contribution is 0.506. The molecule has 0 aliphatic heterocycles. The molecule has 0 amide bonds. The molecule has 1 heterocycles. The van der Waals surface area contributed by atoms with Crippen LogP contribution in [0.25, 0.3) is 0 Å². The fourth-order valence-electron chi connectivity index (χ4n) is 1.97. The summed E-state index contributed by atoms with van der Waals surface area (Å²) in [7, 11) is 0. The van der Waals surface area contributed by atoms with Crippen molar-refractivity contribution in [3.8, 4) is 0 Å². The number of rotatable bonds is 5. The number of aromatic nitrogens is 1. The average Bonchev–Trinajstić information content (AvgIpc) is 2.43. The van der Waals surface area contributed by atoms with E-state index in [1.807, 2.05) is 12.1 Å². The van der Waals surface area contributed by atoms with Gasteiger partial charge in [0.25, 0.3) is 0 Å².